The van der Waals surface area contributed by atoms with Crippen LogP contribution in [0.2, 0.25) is 0 Å². The van der Waals surface area contributed by atoms with Gasteiger partial charge in [0.1, 0.15) is 4.60 Å². The third-order valence-corrected chi connectivity index (χ3v) is 3.92. The summed E-state index contributed by atoms with van der Waals surface area (Å²) in [6.07, 6.45) is 7.68. The van der Waals surface area contributed by atoms with Crippen LogP contribution in [0.15, 0.2) is 70.9 Å². The van der Waals surface area contributed by atoms with Crippen molar-refractivity contribution in [3.05, 3.63) is 82.6 Å². The van der Waals surface area contributed by atoms with E-state index in [2.05, 4.69) is 41.4 Å². The van der Waals surface area contributed by atoms with Crippen molar-refractivity contribution >= 4 is 27.3 Å². The summed E-state index contributed by atoms with van der Waals surface area (Å²) in [7, 11) is 0. The van der Waals surface area contributed by atoms with Crippen LogP contribution in [0.4, 0.5) is 5.69 Å². The van der Waals surface area contributed by atoms with Gasteiger partial charge in [-0.2, -0.15) is 5.10 Å². The second kappa shape index (κ2) is 7.79. The highest BCUT2D eigenvalue weighted by molar-refractivity contribution is 9.10. The maximum absolute atomic E-state index is 4.60. The number of aromatic nitrogens is 3. The molecule has 3 aromatic heterocycles. The van der Waals surface area contributed by atoms with Gasteiger partial charge in [-0.15, -0.1) is 0 Å². The number of hydrogen-bond acceptors (Lipinski definition) is 5. The zero-order valence-corrected chi connectivity index (χ0v) is 14.7. The molecule has 0 saturated carbocycles. The fourth-order valence-electron chi connectivity index (χ4n) is 2.17. The standard InChI is InChI=1S/C18H16BrN5/c1-13-5-8-20-12-17(13)24-23-16(11-15-4-2-3-7-21-15)14-6-9-22-18(19)10-14/h2-10,12,24H,11H2,1H3/b23-16-. The van der Waals surface area contributed by atoms with Crippen LogP contribution >= 0.6 is 15.9 Å². The topological polar surface area (TPSA) is 63.1 Å². The Morgan fingerprint density at radius 3 is 2.79 bits per heavy atom. The van der Waals surface area contributed by atoms with Gasteiger partial charge in [-0.05, 0) is 58.7 Å². The normalized spacial score (nSPS) is 11.3. The average Bonchev–Trinajstić information content (AvgIpc) is 2.61. The summed E-state index contributed by atoms with van der Waals surface area (Å²) in [5, 5.41) is 4.60. The fraction of sp³-hybridized carbons (Fsp3) is 0.111. The number of pyridine rings is 3. The van der Waals surface area contributed by atoms with Crippen LogP contribution in [0.5, 0.6) is 0 Å². The molecule has 0 fully saturated rings. The molecule has 0 aliphatic heterocycles. The van der Waals surface area contributed by atoms with Crippen LogP contribution in [0.1, 0.15) is 16.8 Å². The Hall–Kier alpha value is -2.60. The van der Waals surface area contributed by atoms with Crippen molar-refractivity contribution in [1.29, 1.82) is 0 Å². The molecular formula is C18H16BrN5. The zero-order valence-electron chi connectivity index (χ0n) is 13.1. The van der Waals surface area contributed by atoms with Gasteiger partial charge in [0, 0.05) is 36.3 Å². The van der Waals surface area contributed by atoms with Crippen molar-refractivity contribution in [3.8, 4) is 0 Å². The highest BCUT2D eigenvalue weighted by atomic mass is 79.9. The molecule has 5 nitrogen and oxygen atoms in total. The molecule has 0 amide bonds. The van der Waals surface area contributed by atoms with Gasteiger partial charge in [0.25, 0.3) is 0 Å². The molecule has 24 heavy (non-hydrogen) atoms. The number of halogens is 1. The number of nitrogens with one attached hydrogen (secondary N) is 1. The molecule has 3 aromatic rings. The molecule has 0 radical (unpaired) electrons. The van der Waals surface area contributed by atoms with E-state index in [0.29, 0.717) is 6.42 Å². The first-order chi connectivity index (χ1) is 11.7. The van der Waals surface area contributed by atoms with Crippen molar-refractivity contribution in [2.45, 2.75) is 13.3 Å². The lowest BCUT2D eigenvalue weighted by atomic mass is 10.1. The van der Waals surface area contributed by atoms with E-state index < -0.39 is 0 Å². The summed E-state index contributed by atoms with van der Waals surface area (Å²) in [5.74, 6) is 0. The smallest absolute Gasteiger partial charge is 0.106 e. The molecule has 0 atom stereocenters. The van der Waals surface area contributed by atoms with Crippen LogP contribution in [0.25, 0.3) is 0 Å². The van der Waals surface area contributed by atoms with E-state index in [-0.39, 0.29) is 0 Å². The zero-order chi connectivity index (χ0) is 16.8. The summed E-state index contributed by atoms with van der Waals surface area (Å²) in [4.78, 5) is 12.7. The van der Waals surface area contributed by atoms with E-state index in [1.807, 2.05) is 43.3 Å². The summed E-state index contributed by atoms with van der Waals surface area (Å²) < 4.78 is 0.770. The van der Waals surface area contributed by atoms with Crippen molar-refractivity contribution in [2.75, 3.05) is 5.43 Å². The highest BCUT2D eigenvalue weighted by Gasteiger charge is 2.08. The van der Waals surface area contributed by atoms with E-state index in [9.17, 15) is 0 Å². The van der Waals surface area contributed by atoms with Gasteiger partial charge in [-0.1, -0.05) is 6.07 Å². The molecule has 0 aliphatic carbocycles. The SMILES string of the molecule is Cc1ccncc1N/N=C(/Cc1ccccn1)c1ccnc(Br)c1. The van der Waals surface area contributed by atoms with Crippen molar-refractivity contribution < 1.29 is 0 Å². The lowest BCUT2D eigenvalue weighted by molar-refractivity contribution is 1.12. The first-order valence-electron chi connectivity index (χ1n) is 7.47. The molecule has 0 aromatic carbocycles. The number of anilines is 1. The molecule has 3 rings (SSSR count). The third-order valence-electron chi connectivity index (χ3n) is 3.48. The van der Waals surface area contributed by atoms with Crippen LogP contribution in [-0.4, -0.2) is 20.7 Å². The largest absolute Gasteiger partial charge is 0.276 e. The quantitative estimate of drug-likeness (QED) is 0.412. The predicted octanol–water partition coefficient (Wildman–Crippen LogP) is 4.00. The van der Waals surface area contributed by atoms with E-state index >= 15 is 0 Å². The Kier molecular flexibility index (Phi) is 5.28. The van der Waals surface area contributed by atoms with Crippen molar-refractivity contribution in [2.24, 2.45) is 5.10 Å². The second-order valence-electron chi connectivity index (χ2n) is 5.23. The molecule has 0 unspecified atom stereocenters. The van der Waals surface area contributed by atoms with Gasteiger partial charge in [-0.25, -0.2) is 4.98 Å². The van der Waals surface area contributed by atoms with Gasteiger partial charge in [0.05, 0.1) is 17.6 Å². The number of rotatable bonds is 5. The Labute approximate surface area is 149 Å². The molecule has 1 N–H and O–H groups in total. The Morgan fingerprint density at radius 1 is 1.12 bits per heavy atom. The molecule has 3 heterocycles. The number of aryl methyl sites for hydroxylation is 1. The monoisotopic (exact) mass is 381 g/mol. The summed E-state index contributed by atoms with van der Waals surface area (Å²) in [6.45, 7) is 2.01. The Morgan fingerprint density at radius 2 is 2.04 bits per heavy atom. The molecule has 6 heteroatoms. The van der Waals surface area contributed by atoms with Gasteiger partial charge >= 0.3 is 0 Å². The molecule has 0 saturated heterocycles. The molecule has 0 spiro atoms. The van der Waals surface area contributed by atoms with Crippen molar-refractivity contribution in [1.82, 2.24) is 15.0 Å². The van der Waals surface area contributed by atoms with Crippen LogP contribution in [0, 0.1) is 6.92 Å². The summed E-state index contributed by atoms with van der Waals surface area (Å²) in [5.41, 5.74) is 7.89. The number of hydrogen-bond donors (Lipinski definition) is 1. The summed E-state index contributed by atoms with van der Waals surface area (Å²) in [6, 6.07) is 11.7. The van der Waals surface area contributed by atoms with Crippen LogP contribution in [-0.2, 0) is 6.42 Å². The van der Waals surface area contributed by atoms with Crippen LogP contribution in [0.3, 0.4) is 0 Å². The van der Waals surface area contributed by atoms with Gasteiger partial charge in [-0.3, -0.25) is 15.4 Å². The molecule has 120 valence electrons. The Balaban J connectivity index is 1.92. The minimum Gasteiger partial charge on any atom is -0.276 e. The maximum Gasteiger partial charge on any atom is 0.106 e. The van der Waals surface area contributed by atoms with E-state index in [1.54, 1.807) is 24.8 Å². The van der Waals surface area contributed by atoms with E-state index in [4.69, 9.17) is 0 Å². The maximum atomic E-state index is 4.60. The number of hydrazone groups is 1. The first kappa shape index (κ1) is 16.3. The average molecular weight is 382 g/mol. The molecular weight excluding hydrogens is 366 g/mol. The van der Waals surface area contributed by atoms with Gasteiger partial charge < -0.3 is 0 Å². The van der Waals surface area contributed by atoms with Gasteiger partial charge in [0.15, 0.2) is 0 Å². The van der Waals surface area contributed by atoms with Crippen LogP contribution < -0.4 is 5.43 Å². The van der Waals surface area contributed by atoms with Crippen molar-refractivity contribution in [3.63, 3.8) is 0 Å². The summed E-state index contributed by atoms with van der Waals surface area (Å²) >= 11 is 3.41. The molecule has 0 aliphatic rings. The minimum atomic E-state index is 0.615. The minimum absolute atomic E-state index is 0.615. The van der Waals surface area contributed by atoms with E-state index in [0.717, 1.165) is 32.8 Å². The lowest BCUT2D eigenvalue weighted by Crippen LogP contribution is -2.10. The molecule has 0 bridgehead atoms. The second-order valence-corrected chi connectivity index (χ2v) is 6.04. The lowest BCUT2D eigenvalue weighted by Gasteiger charge is -2.09. The third kappa shape index (κ3) is 4.23. The fourth-order valence-corrected chi connectivity index (χ4v) is 2.54. The number of nitrogens with zero attached hydrogens (tertiary/aromatic N) is 4. The first-order valence-corrected chi connectivity index (χ1v) is 8.27. The van der Waals surface area contributed by atoms with E-state index in [1.165, 1.54) is 0 Å². The highest BCUT2D eigenvalue weighted by Crippen LogP contribution is 2.15. The predicted molar refractivity (Wildman–Crippen MR) is 99.0 cm³/mol. The Bertz CT molecular complexity index is 849. The van der Waals surface area contributed by atoms with Gasteiger partial charge in [0.2, 0.25) is 0 Å².